The minimum absolute atomic E-state index is 0.0251. The van der Waals surface area contributed by atoms with Crippen LogP contribution in [0.25, 0.3) is 0 Å². The summed E-state index contributed by atoms with van der Waals surface area (Å²) in [7, 11) is 1.42. The van der Waals surface area contributed by atoms with E-state index in [1.54, 1.807) is 0 Å². The van der Waals surface area contributed by atoms with Crippen LogP contribution in [0.3, 0.4) is 0 Å². The molecule has 0 unspecified atom stereocenters. The molecule has 4 nitrogen and oxygen atoms in total. The van der Waals surface area contributed by atoms with Gasteiger partial charge < -0.3 is 4.74 Å². The average molecular weight is 251 g/mol. The first-order valence-corrected chi connectivity index (χ1v) is 6.64. The number of ketones is 1. The number of methoxy groups -OCH3 is 1. The predicted molar refractivity (Wildman–Crippen MR) is 68.1 cm³/mol. The van der Waals surface area contributed by atoms with Gasteiger partial charge in [-0.15, -0.1) is 0 Å². The van der Waals surface area contributed by atoms with Crippen molar-refractivity contribution in [2.24, 2.45) is 5.92 Å². The van der Waals surface area contributed by atoms with Crippen molar-refractivity contribution >= 4 is 11.8 Å². The molecule has 100 valence electrons. The zero-order chi connectivity index (χ0) is 13.1. The maximum absolute atomic E-state index is 11.9. The normalized spacial score (nSPS) is 31.2. The monoisotopic (exact) mass is 251 g/mol. The van der Waals surface area contributed by atoms with Crippen LogP contribution >= 0.6 is 0 Å². The Hall–Kier alpha value is -1.16. The van der Waals surface area contributed by atoms with Gasteiger partial charge in [-0.25, -0.2) is 0 Å². The van der Waals surface area contributed by atoms with E-state index in [4.69, 9.17) is 4.74 Å². The maximum atomic E-state index is 11.9. The Kier molecular flexibility index (Phi) is 4.17. The molecule has 0 bridgehead atoms. The highest BCUT2D eigenvalue weighted by Gasteiger charge is 2.38. The summed E-state index contributed by atoms with van der Waals surface area (Å²) in [6.07, 6.45) is 4.91. The first kappa shape index (κ1) is 13.3. The Balaban J connectivity index is 2.10. The number of hydrogen-bond donors (Lipinski definition) is 0. The summed E-state index contributed by atoms with van der Waals surface area (Å²) >= 11 is 0. The Morgan fingerprint density at radius 2 is 2.33 bits per heavy atom. The summed E-state index contributed by atoms with van der Waals surface area (Å²) in [6.45, 7) is 3.83. The van der Waals surface area contributed by atoms with Crippen LogP contribution in [0.15, 0.2) is 11.6 Å². The van der Waals surface area contributed by atoms with Gasteiger partial charge in [-0.2, -0.15) is 0 Å². The van der Waals surface area contributed by atoms with E-state index >= 15 is 0 Å². The lowest BCUT2D eigenvalue weighted by atomic mass is 9.80. The molecule has 18 heavy (non-hydrogen) atoms. The average Bonchev–Trinajstić information content (AvgIpc) is 2.39. The SMILES string of the molecule is C/C=C1/CN2CCCC(=O)[C@@H]2C[C@@H]1CC(=O)OC. The molecule has 0 aromatic heterocycles. The summed E-state index contributed by atoms with van der Waals surface area (Å²) in [6, 6.07) is 0.0251. The number of esters is 1. The van der Waals surface area contributed by atoms with E-state index < -0.39 is 0 Å². The first-order valence-electron chi connectivity index (χ1n) is 6.64. The molecule has 2 fully saturated rings. The fourth-order valence-electron chi connectivity index (χ4n) is 3.06. The standard InChI is InChI=1S/C14H21NO3/c1-3-10-9-15-6-4-5-13(16)12(15)7-11(10)8-14(17)18-2/h3,11-12H,4-9H2,1-2H3/b10-3-/t11-,12+/m1/s1. The second-order valence-electron chi connectivity index (χ2n) is 5.13. The Bertz CT molecular complexity index is 375. The van der Waals surface area contributed by atoms with Crippen molar-refractivity contribution in [2.45, 2.75) is 38.6 Å². The molecule has 0 aromatic carbocycles. The zero-order valence-electron chi connectivity index (χ0n) is 11.1. The second kappa shape index (κ2) is 5.65. The number of Topliss-reactive ketones (excluding diaryl/α,β-unsaturated/α-hetero) is 1. The number of carbonyl (C=O) groups is 2. The molecule has 0 N–H and O–H groups in total. The third-order valence-corrected chi connectivity index (χ3v) is 4.11. The quantitative estimate of drug-likeness (QED) is 0.552. The highest BCUT2D eigenvalue weighted by Crippen LogP contribution is 2.33. The molecule has 0 aromatic rings. The lowest BCUT2D eigenvalue weighted by molar-refractivity contribution is -0.142. The van der Waals surface area contributed by atoms with Crippen LogP contribution in [0.4, 0.5) is 0 Å². The summed E-state index contributed by atoms with van der Waals surface area (Å²) in [4.78, 5) is 25.6. The van der Waals surface area contributed by atoms with E-state index in [1.807, 2.05) is 6.92 Å². The van der Waals surface area contributed by atoms with E-state index in [1.165, 1.54) is 12.7 Å². The molecular formula is C14H21NO3. The van der Waals surface area contributed by atoms with Crippen LogP contribution in [0.2, 0.25) is 0 Å². The zero-order valence-corrected chi connectivity index (χ0v) is 11.1. The van der Waals surface area contributed by atoms with Gasteiger partial charge in [0.2, 0.25) is 0 Å². The van der Waals surface area contributed by atoms with Gasteiger partial charge >= 0.3 is 5.97 Å². The number of ether oxygens (including phenoxy) is 1. The van der Waals surface area contributed by atoms with Crippen LogP contribution in [0.1, 0.15) is 32.6 Å². The van der Waals surface area contributed by atoms with E-state index in [2.05, 4.69) is 11.0 Å². The summed E-state index contributed by atoms with van der Waals surface area (Å²) in [5, 5.41) is 0. The van der Waals surface area contributed by atoms with Crippen molar-refractivity contribution < 1.29 is 14.3 Å². The van der Waals surface area contributed by atoms with Crippen LogP contribution in [-0.4, -0.2) is 42.9 Å². The van der Waals surface area contributed by atoms with Gasteiger partial charge in [0.05, 0.1) is 19.6 Å². The smallest absolute Gasteiger partial charge is 0.306 e. The first-order chi connectivity index (χ1) is 8.65. The van der Waals surface area contributed by atoms with E-state index in [9.17, 15) is 9.59 Å². The number of piperidine rings is 2. The lowest BCUT2D eigenvalue weighted by Gasteiger charge is -2.42. The van der Waals surface area contributed by atoms with Crippen LogP contribution in [0.5, 0.6) is 0 Å². The van der Waals surface area contributed by atoms with Gasteiger partial charge in [-0.05, 0) is 32.2 Å². The van der Waals surface area contributed by atoms with Crippen LogP contribution in [-0.2, 0) is 14.3 Å². The van der Waals surface area contributed by atoms with Gasteiger partial charge in [0, 0.05) is 13.0 Å². The van der Waals surface area contributed by atoms with E-state index in [0.717, 1.165) is 25.9 Å². The van der Waals surface area contributed by atoms with Gasteiger partial charge in [-0.3, -0.25) is 14.5 Å². The van der Waals surface area contributed by atoms with Gasteiger partial charge in [0.25, 0.3) is 0 Å². The van der Waals surface area contributed by atoms with Crippen molar-refractivity contribution in [3.8, 4) is 0 Å². The highest BCUT2D eigenvalue weighted by molar-refractivity contribution is 5.85. The number of allylic oxidation sites excluding steroid dienone is 1. The summed E-state index contributed by atoms with van der Waals surface area (Å²) in [5.41, 5.74) is 1.27. The molecule has 2 rings (SSSR count). The Morgan fingerprint density at radius 3 is 3.00 bits per heavy atom. The largest absolute Gasteiger partial charge is 0.469 e. The fraction of sp³-hybridized carbons (Fsp3) is 0.714. The molecule has 0 aliphatic carbocycles. The maximum Gasteiger partial charge on any atom is 0.306 e. The molecular weight excluding hydrogens is 230 g/mol. The molecule has 0 amide bonds. The van der Waals surface area contributed by atoms with Crippen molar-refractivity contribution in [2.75, 3.05) is 20.2 Å². The minimum atomic E-state index is -0.184. The van der Waals surface area contributed by atoms with Gasteiger partial charge in [0.15, 0.2) is 0 Å². The molecule has 4 heteroatoms. The lowest BCUT2D eigenvalue weighted by Crippen LogP contribution is -2.51. The van der Waals surface area contributed by atoms with E-state index in [-0.39, 0.29) is 17.9 Å². The molecule has 2 heterocycles. The van der Waals surface area contributed by atoms with E-state index in [0.29, 0.717) is 18.6 Å². The molecule has 0 saturated carbocycles. The third-order valence-electron chi connectivity index (χ3n) is 4.11. The number of hydrogen-bond acceptors (Lipinski definition) is 4. The molecule has 0 spiro atoms. The fourth-order valence-corrected chi connectivity index (χ4v) is 3.06. The molecule has 2 atom stereocenters. The number of rotatable bonds is 2. The summed E-state index contributed by atoms with van der Waals surface area (Å²) in [5.74, 6) is 0.327. The Morgan fingerprint density at radius 1 is 1.56 bits per heavy atom. The van der Waals surface area contributed by atoms with Crippen molar-refractivity contribution in [3.63, 3.8) is 0 Å². The predicted octanol–water partition coefficient (Wildman–Crippen LogP) is 1.55. The number of carbonyl (C=O) groups excluding carboxylic acids is 2. The van der Waals surface area contributed by atoms with Crippen LogP contribution in [0, 0.1) is 5.92 Å². The molecule has 2 saturated heterocycles. The van der Waals surface area contributed by atoms with Crippen molar-refractivity contribution in [1.29, 1.82) is 0 Å². The molecule has 0 radical (unpaired) electrons. The highest BCUT2D eigenvalue weighted by atomic mass is 16.5. The third kappa shape index (κ3) is 2.64. The Labute approximate surface area is 108 Å². The van der Waals surface area contributed by atoms with Crippen molar-refractivity contribution in [3.05, 3.63) is 11.6 Å². The second-order valence-corrected chi connectivity index (χ2v) is 5.13. The topological polar surface area (TPSA) is 46.6 Å². The molecule has 2 aliphatic heterocycles. The molecule has 2 aliphatic rings. The minimum Gasteiger partial charge on any atom is -0.469 e. The number of fused-ring (bicyclic) bond motifs is 1. The number of nitrogens with zero attached hydrogens (tertiary/aromatic N) is 1. The summed E-state index contributed by atoms with van der Waals surface area (Å²) < 4.78 is 4.74. The van der Waals surface area contributed by atoms with Crippen molar-refractivity contribution in [1.82, 2.24) is 4.90 Å². The van der Waals surface area contributed by atoms with Gasteiger partial charge in [-0.1, -0.05) is 11.6 Å². The van der Waals surface area contributed by atoms with Crippen LogP contribution < -0.4 is 0 Å². The van der Waals surface area contributed by atoms with Gasteiger partial charge in [0.1, 0.15) is 5.78 Å².